The van der Waals surface area contributed by atoms with Gasteiger partial charge in [-0.15, -0.1) is 12.4 Å². The van der Waals surface area contributed by atoms with Crippen molar-refractivity contribution in [2.75, 3.05) is 13.7 Å². The molecule has 1 aromatic rings. The Bertz CT molecular complexity index is 414. The Morgan fingerprint density at radius 1 is 1.40 bits per heavy atom. The zero-order chi connectivity index (χ0) is 13.7. The lowest BCUT2D eigenvalue weighted by Crippen LogP contribution is -2.48. The van der Waals surface area contributed by atoms with E-state index in [4.69, 9.17) is 10.5 Å². The number of nitrogens with two attached hydrogens (primary N) is 1. The minimum atomic E-state index is -0.581. The first-order valence-corrected chi connectivity index (χ1v) is 6.82. The number of hydrogen-bond acceptors (Lipinski definition) is 3. The molecule has 3 atom stereocenters. The maximum Gasteiger partial charge on any atom is 0.239 e. The molecule has 0 saturated heterocycles. The lowest BCUT2D eigenvalue weighted by atomic mass is 9.94. The molecule has 1 aromatic carbocycles. The molecule has 3 unspecified atom stereocenters. The molecular formula is C15H23ClN2O2. The highest BCUT2D eigenvalue weighted by Gasteiger charge is 2.30. The molecule has 4 nitrogen and oxygen atoms in total. The minimum absolute atomic E-state index is 0. The quantitative estimate of drug-likeness (QED) is 0.872. The van der Waals surface area contributed by atoms with Gasteiger partial charge < -0.3 is 15.8 Å². The highest BCUT2D eigenvalue weighted by Crippen LogP contribution is 2.34. The zero-order valence-corrected chi connectivity index (χ0v) is 12.6. The topological polar surface area (TPSA) is 64.3 Å². The van der Waals surface area contributed by atoms with Gasteiger partial charge in [-0.2, -0.15) is 0 Å². The van der Waals surface area contributed by atoms with Crippen LogP contribution in [-0.4, -0.2) is 31.7 Å². The van der Waals surface area contributed by atoms with E-state index in [0.717, 1.165) is 19.3 Å². The summed E-state index contributed by atoms with van der Waals surface area (Å²) in [6.07, 6.45) is 3.28. The van der Waals surface area contributed by atoms with Crippen molar-refractivity contribution < 1.29 is 9.53 Å². The van der Waals surface area contributed by atoms with E-state index in [-0.39, 0.29) is 31.0 Å². The van der Waals surface area contributed by atoms with Gasteiger partial charge in [0.25, 0.3) is 0 Å². The average Bonchev–Trinajstić information content (AvgIpc) is 2.88. The molecule has 5 heteroatoms. The second-order valence-electron chi connectivity index (χ2n) is 5.12. The van der Waals surface area contributed by atoms with Crippen molar-refractivity contribution in [3.05, 3.63) is 35.9 Å². The van der Waals surface area contributed by atoms with Crippen LogP contribution in [0.3, 0.4) is 0 Å². The normalized spacial score (nSPS) is 22.9. The van der Waals surface area contributed by atoms with Gasteiger partial charge in [0.2, 0.25) is 5.91 Å². The van der Waals surface area contributed by atoms with Gasteiger partial charge >= 0.3 is 0 Å². The lowest BCUT2D eigenvalue weighted by molar-refractivity contribution is -0.124. The molecule has 20 heavy (non-hydrogen) atoms. The number of hydrogen-bond donors (Lipinski definition) is 2. The summed E-state index contributed by atoms with van der Waals surface area (Å²) in [6.45, 7) is 0.258. The van der Waals surface area contributed by atoms with E-state index in [9.17, 15) is 4.79 Å². The molecule has 1 saturated carbocycles. The predicted molar refractivity (Wildman–Crippen MR) is 82.1 cm³/mol. The number of carbonyl (C=O) groups excluding carboxylic acids is 1. The van der Waals surface area contributed by atoms with Gasteiger partial charge in [0.05, 0.1) is 6.61 Å². The SMILES string of the molecule is COCC(N)C(=O)NC1CCCC1c1ccccc1.Cl. The van der Waals surface area contributed by atoms with E-state index in [0.29, 0.717) is 5.92 Å². The van der Waals surface area contributed by atoms with Gasteiger partial charge in [-0.05, 0) is 18.4 Å². The number of rotatable bonds is 5. The molecule has 112 valence electrons. The summed E-state index contributed by atoms with van der Waals surface area (Å²) >= 11 is 0. The Hall–Kier alpha value is -1.10. The van der Waals surface area contributed by atoms with Gasteiger partial charge in [-0.1, -0.05) is 36.8 Å². The third kappa shape index (κ3) is 4.20. The summed E-state index contributed by atoms with van der Waals surface area (Å²) in [5, 5.41) is 3.07. The maximum atomic E-state index is 11.9. The van der Waals surface area contributed by atoms with Crippen molar-refractivity contribution in [2.24, 2.45) is 5.73 Å². The largest absolute Gasteiger partial charge is 0.383 e. The second kappa shape index (κ2) is 8.25. The molecule has 0 aliphatic heterocycles. The van der Waals surface area contributed by atoms with Gasteiger partial charge in [-0.25, -0.2) is 0 Å². The van der Waals surface area contributed by atoms with E-state index in [1.54, 1.807) is 7.11 Å². The second-order valence-corrected chi connectivity index (χ2v) is 5.12. The van der Waals surface area contributed by atoms with Crippen molar-refractivity contribution in [1.29, 1.82) is 0 Å². The Labute approximate surface area is 126 Å². The smallest absolute Gasteiger partial charge is 0.239 e. The molecule has 3 N–H and O–H groups in total. The summed E-state index contributed by atoms with van der Waals surface area (Å²) in [6, 6.07) is 9.97. The first-order chi connectivity index (χ1) is 9.22. The molecule has 0 bridgehead atoms. The van der Waals surface area contributed by atoms with Crippen LogP contribution >= 0.6 is 12.4 Å². The molecule has 1 aliphatic rings. The van der Waals surface area contributed by atoms with Crippen LogP contribution in [0.25, 0.3) is 0 Å². The van der Waals surface area contributed by atoms with E-state index in [1.807, 2.05) is 18.2 Å². The zero-order valence-electron chi connectivity index (χ0n) is 11.7. The fourth-order valence-corrected chi connectivity index (χ4v) is 2.78. The van der Waals surface area contributed by atoms with Crippen LogP contribution in [0.2, 0.25) is 0 Å². The number of methoxy groups -OCH3 is 1. The minimum Gasteiger partial charge on any atom is -0.383 e. The van der Waals surface area contributed by atoms with Crippen LogP contribution in [0.1, 0.15) is 30.7 Å². The summed E-state index contributed by atoms with van der Waals surface area (Å²) < 4.78 is 4.91. The average molecular weight is 299 g/mol. The van der Waals surface area contributed by atoms with Crippen LogP contribution in [-0.2, 0) is 9.53 Å². The van der Waals surface area contributed by atoms with Crippen LogP contribution in [0.5, 0.6) is 0 Å². The number of ether oxygens (including phenoxy) is 1. The number of nitrogens with one attached hydrogen (secondary N) is 1. The first kappa shape index (κ1) is 17.0. The monoisotopic (exact) mass is 298 g/mol. The number of amides is 1. The molecule has 1 amide bonds. The van der Waals surface area contributed by atoms with Gasteiger partial charge in [0.15, 0.2) is 0 Å². The number of benzene rings is 1. The van der Waals surface area contributed by atoms with E-state index in [1.165, 1.54) is 5.56 Å². The summed E-state index contributed by atoms with van der Waals surface area (Å²) in [4.78, 5) is 11.9. The highest BCUT2D eigenvalue weighted by molar-refractivity contribution is 5.85. The van der Waals surface area contributed by atoms with Crippen molar-refractivity contribution in [3.63, 3.8) is 0 Å². The molecule has 0 heterocycles. The van der Waals surface area contributed by atoms with Gasteiger partial charge in [0.1, 0.15) is 6.04 Å². The van der Waals surface area contributed by atoms with E-state index < -0.39 is 6.04 Å². The Morgan fingerprint density at radius 2 is 2.10 bits per heavy atom. The molecule has 1 aliphatic carbocycles. The molecule has 0 radical (unpaired) electrons. The van der Waals surface area contributed by atoms with E-state index >= 15 is 0 Å². The van der Waals surface area contributed by atoms with Gasteiger partial charge in [0, 0.05) is 19.1 Å². The van der Waals surface area contributed by atoms with E-state index in [2.05, 4.69) is 17.4 Å². The number of carbonyl (C=O) groups is 1. The van der Waals surface area contributed by atoms with Crippen molar-refractivity contribution >= 4 is 18.3 Å². The highest BCUT2D eigenvalue weighted by atomic mass is 35.5. The fraction of sp³-hybridized carbons (Fsp3) is 0.533. The third-order valence-electron chi connectivity index (χ3n) is 3.75. The van der Waals surface area contributed by atoms with Crippen molar-refractivity contribution in [3.8, 4) is 0 Å². The molecular weight excluding hydrogens is 276 g/mol. The third-order valence-corrected chi connectivity index (χ3v) is 3.75. The summed E-state index contributed by atoms with van der Waals surface area (Å²) in [5.41, 5.74) is 7.05. The molecule has 0 spiro atoms. The Morgan fingerprint density at radius 3 is 2.75 bits per heavy atom. The van der Waals surface area contributed by atoms with Crippen LogP contribution in [0, 0.1) is 0 Å². The molecule has 2 rings (SSSR count). The standard InChI is InChI=1S/C15H22N2O2.ClH/c1-19-10-13(16)15(18)17-14-9-5-8-12(14)11-6-3-2-4-7-11;/h2-4,6-7,12-14H,5,8-10,16H2,1H3,(H,17,18);1H. The van der Waals surface area contributed by atoms with Crippen molar-refractivity contribution in [2.45, 2.75) is 37.3 Å². The Balaban J connectivity index is 0.00000200. The van der Waals surface area contributed by atoms with Gasteiger partial charge in [-0.3, -0.25) is 4.79 Å². The molecule has 0 aromatic heterocycles. The van der Waals surface area contributed by atoms with Crippen molar-refractivity contribution in [1.82, 2.24) is 5.32 Å². The predicted octanol–water partition coefficient (Wildman–Crippen LogP) is 1.83. The first-order valence-electron chi connectivity index (χ1n) is 6.82. The summed E-state index contributed by atoms with van der Waals surface area (Å²) in [5.74, 6) is 0.287. The maximum absolute atomic E-state index is 11.9. The lowest BCUT2D eigenvalue weighted by Gasteiger charge is -2.23. The van der Waals surface area contributed by atoms with Crippen LogP contribution in [0.4, 0.5) is 0 Å². The Kier molecular flexibility index (Phi) is 6.99. The summed E-state index contributed by atoms with van der Waals surface area (Å²) in [7, 11) is 1.55. The van der Waals surface area contributed by atoms with Crippen LogP contribution < -0.4 is 11.1 Å². The van der Waals surface area contributed by atoms with Crippen LogP contribution in [0.15, 0.2) is 30.3 Å². The molecule has 1 fully saturated rings. The number of halogens is 1. The fourth-order valence-electron chi connectivity index (χ4n) is 2.78.